The molecule has 1 saturated heterocycles. The van der Waals surface area contributed by atoms with Gasteiger partial charge in [0.25, 0.3) is 0 Å². The van der Waals surface area contributed by atoms with Crippen molar-refractivity contribution < 1.29 is 17.9 Å². The van der Waals surface area contributed by atoms with Gasteiger partial charge in [-0.3, -0.25) is 4.99 Å². The minimum Gasteiger partial charge on any atom is -0.444 e. The average Bonchev–Trinajstić information content (AvgIpc) is 2.58. The highest BCUT2D eigenvalue weighted by Gasteiger charge is 2.23. The summed E-state index contributed by atoms with van der Waals surface area (Å²) in [6, 6.07) is 0. The fourth-order valence-electron chi connectivity index (χ4n) is 2.23. The third-order valence-electron chi connectivity index (χ3n) is 3.41. The highest BCUT2D eigenvalue weighted by Crippen LogP contribution is 2.13. The highest BCUT2D eigenvalue weighted by atomic mass is 32.2. The van der Waals surface area contributed by atoms with E-state index >= 15 is 0 Å². The van der Waals surface area contributed by atoms with Gasteiger partial charge >= 0.3 is 6.09 Å². The van der Waals surface area contributed by atoms with Gasteiger partial charge < -0.3 is 20.7 Å². The lowest BCUT2D eigenvalue weighted by Crippen LogP contribution is -2.43. The van der Waals surface area contributed by atoms with E-state index in [1.165, 1.54) is 0 Å². The van der Waals surface area contributed by atoms with Crippen LogP contribution in [0, 0.1) is 0 Å². The third kappa shape index (κ3) is 10.6. The molecular formula is C16H33N5O4S2. The van der Waals surface area contributed by atoms with Crippen LogP contribution in [0.4, 0.5) is 4.79 Å². The molecule has 1 aliphatic rings. The second kappa shape index (κ2) is 11.6. The first kappa shape index (κ1) is 23.8. The number of ether oxygens (including phenoxy) is 1. The van der Waals surface area contributed by atoms with Crippen LogP contribution in [0.1, 0.15) is 27.7 Å². The van der Waals surface area contributed by atoms with Crippen molar-refractivity contribution >= 4 is 33.8 Å². The van der Waals surface area contributed by atoms with Crippen LogP contribution in [0.25, 0.3) is 0 Å². The van der Waals surface area contributed by atoms with Crippen molar-refractivity contribution in [3.05, 3.63) is 0 Å². The van der Waals surface area contributed by atoms with Gasteiger partial charge in [-0.25, -0.2) is 17.5 Å². The van der Waals surface area contributed by atoms with E-state index in [2.05, 4.69) is 20.9 Å². The van der Waals surface area contributed by atoms with Crippen LogP contribution in [0.15, 0.2) is 4.99 Å². The number of carbonyl (C=O) groups is 1. The smallest absolute Gasteiger partial charge is 0.407 e. The number of hydrogen-bond donors (Lipinski definition) is 3. The van der Waals surface area contributed by atoms with E-state index in [0.717, 1.165) is 11.5 Å². The molecule has 27 heavy (non-hydrogen) atoms. The maximum atomic E-state index is 12.3. The second-order valence-electron chi connectivity index (χ2n) is 6.94. The van der Waals surface area contributed by atoms with E-state index in [0.29, 0.717) is 38.7 Å². The van der Waals surface area contributed by atoms with Gasteiger partial charge in [0.1, 0.15) is 5.60 Å². The van der Waals surface area contributed by atoms with E-state index in [4.69, 9.17) is 4.74 Å². The van der Waals surface area contributed by atoms with Gasteiger partial charge in [0.05, 0.1) is 12.3 Å². The number of nitrogens with zero attached hydrogens (tertiary/aromatic N) is 2. The summed E-state index contributed by atoms with van der Waals surface area (Å²) in [6.45, 7) is 10.1. The topological polar surface area (TPSA) is 112 Å². The SMILES string of the molecule is CCNC(=NCCS(=O)(=O)N1CCSCC1)NCCNC(=O)OC(C)(C)C. The average molecular weight is 424 g/mol. The Morgan fingerprint density at radius 3 is 2.37 bits per heavy atom. The van der Waals surface area contributed by atoms with E-state index < -0.39 is 21.7 Å². The lowest BCUT2D eigenvalue weighted by atomic mass is 10.2. The second-order valence-corrected chi connectivity index (χ2v) is 10.3. The number of aliphatic imine (C=N–C) groups is 1. The molecule has 0 aromatic rings. The molecule has 1 heterocycles. The molecule has 9 nitrogen and oxygen atoms in total. The van der Waals surface area contributed by atoms with Gasteiger partial charge in [0.2, 0.25) is 10.0 Å². The summed E-state index contributed by atoms with van der Waals surface area (Å²) in [7, 11) is -3.26. The molecule has 0 bridgehead atoms. The van der Waals surface area contributed by atoms with Gasteiger partial charge in [-0.05, 0) is 27.7 Å². The Morgan fingerprint density at radius 2 is 1.78 bits per heavy atom. The molecule has 1 rings (SSSR count). The van der Waals surface area contributed by atoms with Crippen LogP contribution in [0.3, 0.4) is 0 Å². The molecule has 0 radical (unpaired) electrons. The Labute approximate surface area is 167 Å². The first-order valence-electron chi connectivity index (χ1n) is 9.18. The number of sulfonamides is 1. The summed E-state index contributed by atoms with van der Waals surface area (Å²) in [5, 5.41) is 8.77. The van der Waals surface area contributed by atoms with E-state index in [9.17, 15) is 13.2 Å². The summed E-state index contributed by atoms with van der Waals surface area (Å²) >= 11 is 1.77. The van der Waals surface area contributed by atoms with Gasteiger partial charge in [0, 0.05) is 44.2 Å². The van der Waals surface area contributed by atoms with Gasteiger partial charge in [0.15, 0.2) is 5.96 Å². The maximum Gasteiger partial charge on any atom is 0.407 e. The zero-order valence-electron chi connectivity index (χ0n) is 16.7. The minimum absolute atomic E-state index is 0.00952. The molecule has 0 aromatic heterocycles. The van der Waals surface area contributed by atoms with Crippen molar-refractivity contribution in [1.82, 2.24) is 20.3 Å². The van der Waals surface area contributed by atoms with E-state index in [-0.39, 0.29) is 12.3 Å². The maximum absolute atomic E-state index is 12.3. The number of carbonyl (C=O) groups excluding carboxylic acids is 1. The zero-order valence-corrected chi connectivity index (χ0v) is 18.3. The number of nitrogens with one attached hydrogen (secondary N) is 3. The Balaban J connectivity index is 2.38. The van der Waals surface area contributed by atoms with Crippen LogP contribution in [0.5, 0.6) is 0 Å². The Hall–Kier alpha value is -1.20. The summed E-state index contributed by atoms with van der Waals surface area (Å²) in [5.41, 5.74) is -0.535. The molecule has 1 fully saturated rings. The molecule has 1 aliphatic heterocycles. The summed E-state index contributed by atoms with van der Waals surface area (Å²) < 4.78 is 31.3. The molecule has 0 unspecified atom stereocenters. The van der Waals surface area contributed by atoms with Crippen LogP contribution in [-0.2, 0) is 14.8 Å². The lowest BCUT2D eigenvalue weighted by Gasteiger charge is -2.25. The predicted molar refractivity (Wildman–Crippen MR) is 111 cm³/mol. The lowest BCUT2D eigenvalue weighted by molar-refractivity contribution is 0.0529. The molecule has 0 aliphatic carbocycles. The van der Waals surface area contributed by atoms with Crippen molar-refractivity contribution in [3.63, 3.8) is 0 Å². The molecule has 11 heteroatoms. The summed E-state index contributed by atoms with van der Waals surface area (Å²) in [6.07, 6.45) is -0.475. The number of thioether (sulfide) groups is 1. The number of hydrogen-bond acceptors (Lipinski definition) is 6. The fraction of sp³-hybridized carbons (Fsp3) is 0.875. The summed E-state index contributed by atoms with van der Waals surface area (Å²) in [5.74, 6) is 2.20. The molecule has 3 N–H and O–H groups in total. The third-order valence-corrected chi connectivity index (χ3v) is 6.21. The molecule has 0 atom stereocenters. The standard InChI is InChI=1S/C16H33N5O4S2/c1-5-17-14(18-6-7-20-15(22)25-16(2,3)4)19-8-13-27(23,24)21-9-11-26-12-10-21/h5-13H2,1-4H3,(H,20,22)(H2,17,18,19). The number of alkyl carbamates (subject to hydrolysis) is 1. The van der Waals surface area contributed by atoms with Crippen molar-refractivity contribution in [3.8, 4) is 0 Å². The van der Waals surface area contributed by atoms with E-state index in [1.54, 1.807) is 36.8 Å². The van der Waals surface area contributed by atoms with Crippen molar-refractivity contribution in [2.75, 3.05) is 56.5 Å². The van der Waals surface area contributed by atoms with E-state index in [1.807, 2.05) is 6.92 Å². The Morgan fingerprint density at radius 1 is 1.15 bits per heavy atom. The largest absolute Gasteiger partial charge is 0.444 e. The molecular weight excluding hydrogens is 390 g/mol. The number of amides is 1. The monoisotopic (exact) mass is 423 g/mol. The van der Waals surface area contributed by atoms with Crippen LogP contribution in [0.2, 0.25) is 0 Å². The molecule has 1 amide bonds. The summed E-state index contributed by atoms with van der Waals surface area (Å²) in [4.78, 5) is 15.9. The highest BCUT2D eigenvalue weighted by molar-refractivity contribution is 7.99. The first-order chi connectivity index (χ1) is 12.6. The minimum atomic E-state index is -3.26. The normalized spacial score (nSPS) is 16.7. The van der Waals surface area contributed by atoms with Crippen LogP contribution in [-0.4, -0.2) is 86.9 Å². The first-order valence-corrected chi connectivity index (χ1v) is 11.9. The zero-order chi connectivity index (χ0) is 20.3. The Kier molecular flexibility index (Phi) is 10.2. The quantitative estimate of drug-likeness (QED) is 0.295. The van der Waals surface area contributed by atoms with Gasteiger partial charge in [-0.15, -0.1) is 0 Å². The Bertz CT molecular complexity index is 584. The molecule has 0 spiro atoms. The van der Waals surface area contributed by atoms with Crippen molar-refractivity contribution in [2.45, 2.75) is 33.3 Å². The van der Waals surface area contributed by atoms with Crippen molar-refractivity contribution in [2.24, 2.45) is 4.99 Å². The molecule has 0 saturated carbocycles. The fourth-order valence-corrected chi connectivity index (χ4v) is 4.68. The number of guanidine groups is 1. The molecule has 0 aromatic carbocycles. The predicted octanol–water partition coefficient (Wildman–Crippen LogP) is 0.445. The van der Waals surface area contributed by atoms with Gasteiger partial charge in [-0.1, -0.05) is 0 Å². The van der Waals surface area contributed by atoms with Crippen LogP contribution < -0.4 is 16.0 Å². The van der Waals surface area contributed by atoms with Gasteiger partial charge in [-0.2, -0.15) is 11.8 Å². The number of rotatable bonds is 8. The molecule has 158 valence electrons. The van der Waals surface area contributed by atoms with Crippen LogP contribution >= 0.6 is 11.8 Å². The van der Waals surface area contributed by atoms with Crippen molar-refractivity contribution in [1.29, 1.82) is 0 Å².